The first kappa shape index (κ1) is 16.3. The highest BCUT2D eigenvalue weighted by atomic mass is 19.1. The summed E-state index contributed by atoms with van der Waals surface area (Å²) in [5, 5.41) is 0. The number of hydrogen-bond acceptors (Lipinski definition) is 3. The van der Waals surface area contributed by atoms with Gasteiger partial charge in [-0.25, -0.2) is 9.18 Å². The van der Waals surface area contributed by atoms with Gasteiger partial charge in [0.25, 0.3) is 0 Å². The van der Waals surface area contributed by atoms with Gasteiger partial charge in [0.2, 0.25) is 0 Å². The number of hydrogen-bond donors (Lipinski definition) is 0. The largest absolute Gasteiger partial charge is 0.459 e. The van der Waals surface area contributed by atoms with Gasteiger partial charge in [0.15, 0.2) is 0 Å². The summed E-state index contributed by atoms with van der Waals surface area (Å²) in [6, 6.07) is 4.34. The van der Waals surface area contributed by atoms with E-state index in [1.54, 1.807) is 40.8 Å². The number of rotatable bonds is 3. The Morgan fingerprint density at radius 3 is 2.64 bits per heavy atom. The lowest BCUT2D eigenvalue weighted by Gasteiger charge is -2.22. The van der Waals surface area contributed by atoms with Crippen molar-refractivity contribution in [3.63, 3.8) is 0 Å². The fourth-order valence-corrected chi connectivity index (χ4v) is 2.31. The molecule has 0 saturated carbocycles. The van der Waals surface area contributed by atoms with Crippen molar-refractivity contribution in [1.82, 2.24) is 4.90 Å². The van der Waals surface area contributed by atoms with Crippen molar-refractivity contribution in [2.24, 2.45) is 0 Å². The zero-order chi connectivity index (χ0) is 16.5. The lowest BCUT2D eigenvalue weighted by atomic mass is 9.96. The van der Waals surface area contributed by atoms with Gasteiger partial charge in [-0.2, -0.15) is 0 Å². The Labute approximate surface area is 130 Å². The Morgan fingerprint density at radius 2 is 2.05 bits per heavy atom. The van der Waals surface area contributed by atoms with Crippen LogP contribution in [0.4, 0.5) is 14.9 Å². The van der Waals surface area contributed by atoms with Crippen molar-refractivity contribution in [2.75, 3.05) is 24.5 Å². The van der Waals surface area contributed by atoms with Crippen molar-refractivity contribution < 1.29 is 18.7 Å². The molecule has 1 heterocycles. The summed E-state index contributed by atoms with van der Waals surface area (Å²) in [6.07, 6.45) is 0. The number of ether oxygens (including phenoxy) is 1. The highest BCUT2D eigenvalue weighted by Gasteiger charge is 2.33. The van der Waals surface area contributed by atoms with Crippen LogP contribution in [0.5, 0.6) is 0 Å². The summed E-state index contributed by atoms with van der Waals surface area (Å²) >= 11 is 0. The fraction of sp³-hybridized carbons (Fsp3) is 0.467. The minimum Gasteiger partial charge on any atom is -0.459 e. The monoisotopic (exact) mass is 306 g/mol. The summed E-state index contributed by atoms with van der Waals surface area (Å²) in [7, 11) is 1.79. The highest BCUT2D eigenvalue weighted by molar-refractivity contribution is 6.32. The summed E-state index contributed by atoms with van der Waals surface area (Å²) in [5.74, 6) is -0.903. The van der Waals surface area contributed by atoms with Crippen molar-refractivity contribution in [3.8, 4) is 0 Å². The summed E-state index contributed by atoms with van der Waals surface area (Å²) in [5.41, 5.74) is 0.434. The van der Waals surface area contributed by atoms with Crippen LogP contribution in [0, 0.1) is 5.82 Å². The Hall–Kier alpha value is -2.05. The molecule has 2 rings (SSSR count). The van der Waals surface area contributed by atoms with Gasteiger partial charge in [-0.1, -0.05) is 11.5 Å². The second kappa shape index (κ2) is 5.98. The third-order valence-electron chi connectivity index (χ3n) is 3.23. The summed E-state index contributed by atoms with van der Waals surface area (Å²) in [6.45, 7) is 5.90. The topological polar surface area (TPSA) is 49.9 Å². The number of esters is 1. The van der Waals surface area contributed by atoms with E-state index >= 15 is 0 Å². The Bertz CT molecular complexity index is 601. The molecule has 22 heavy (non-hydrogen) atoms. The molecule has 1 fully saturated rings. The third-order valence-corrected chi connectivity index (χ3v) is 3.23. The number of carbonyl (C=O) groups excluding carboxylic acids is 2. The van der Waals surface area contributed by atoms with Crippen LogP contribution in [0.1, 0.15) is 20.8 Å². The Morgan fingerprint density at radius 1 is 1.36 bits per heavy atom. The van der Waals surface area contributed by atoms with E-state index in [0.29, 0.717) is 13.1 Å². The summed E-state index contributed by atoms with van der Waals surface area (Å²) < 4.78 is 19.2. The Kier molecular flexibility index (Phi) is 4.44. The number of amides is 2. The van der Waals surface area contributed by atoms with Gasteiger partial charge < -0.3 is 9.64 Å². The number of benzene rings is 1. The molecular weight excluding hydrogens is 286 g/mol. The van der Waals surface area contributed by atoms with Crippen LogP contribution in [0.2, 0.25) is 0 Å². The first-order valence-corrected chi connectivity index (χ1v) is 7.22. The highest BCUT2D eigenvalue weighted by Crippen LogP contribution is 2.22. The van der Waals surface area contributed by atoms with E-state index < -0.39 is 17.4 Å². The number of anilines is 1. The molecule has 0 aromatic heterocycles. The predicted molar refractivity (Wildman–Crippen MR) is 84.7 cm³/mol. The number of nitrogens with zero attached hydrogens (tertiary/aromatic N) is 2. The van der Waals surface area contributed by atoms with E-state index in [9.17, 15) is 14.0 Å². The van der Waals surface area contributed by atoms with Crippen LogP contribution in [0.15, 0.2) is 18.2 Å². The van der Waals surface area contributed by atoms with Crippen molar-refractivity contribution in [2.45, 2.75) is 26.4 Å². The van der Waals surface area contributed by atoms with Gasteiger partial charge in [0.1, 0.15) is 25.8 Å². The normalized spacial score (nSPS) is 15.4. The van der Waals surface area contributed by atoms with E-state index in [2.05, 4.69) is 0 Å². The lowest BCUT2D eigenvalue weighted by molar-refractivity contribution is -0.155. The predicted octanol–water partition coefficient (Wildman–Crippen LogP) is 0.668. The van der Waals surface area contributed by atoms with Gasteiger partial charge in [-0.3, -0.25) is 9.69 Å². The molecule has 0 unspecified atom stereocenters. The molecule has 0 N–H and O–H groups in total. The van der Waals surface area contributed by atoms with Crippen LogP contribution in [0.3, 0.4) is 0 Å². The second-order valence-electron chi connectivity index (χ2n) is 6.40. The van der Waals surface area contributed by atoms with Crippen LogP contribution in [-0.4, -0.2) is 50.0 Å². The van der Waals surface area contributed by atoms with Crippen molar-refractivity contribution in [3.05, 3.63) is 24.0 Å². The quantitative estimate of drug-likeness (QED) is 0.609. The van der Waals surface area contributed by atoms with Crippen LogP contribution in [-0.2, 0) is 9.53 Å². The molecule has 1 aliphatic rings. The standard InChI is InChI=1S/C15H20BFN2O3/c1-15(2,3)22-13(20)9-18-6-7-19(14(18)21)12-5-4-10(16)8-11(12)17/h4-5,8H,6-7,9,16H2,1-3H3. The first-order chi connectivity index (χ1) is 10.2. The molecule has 118 valence electrons. The second-order valence-corrected chi connectivity index (χ2v) is 6.40. The maximum absolute atomic E-state index is 14.0. The molecule has 1 aliphatic heterocycles. The van der Waals surface area contributed by atoms with Gasteiger partial charge in [0, 0.05) is 13.1 Å². The van der Waals surface area contributed by atoms with Crippen LogP contribution >= 0.6 is 0 Å². The smallest absolute Gasteiger partial charge is 0.326 e. The maximum Gasteiger partial charge on any atom is 0.326 e. The maximum atomic E-state index is 14.0. The zero-order valence-electron chi connectivity index (χ0n) is 13.4. The molecular formula is C15H20BFN2O3. The molecule has 0 aliphatic carbocycles. The van der Waals surface area contributed by atoms with Gasteiger partial charge in [0.05, 0.1) is 5.69 Å². The molecule has 0 bridgehead atoms. The van der Waals surface area contributed by atoms with Crippen LogP contribution < -0.4 is 10.4 Å². The van der Waals surface area contributed by atoms with E-state index in [0.717, 1.165) is 5.46 Å². The fourth-order valence-electron chi connectivity index (χ4n) is 2.31. The molecule has 0 atom stereocenters. The van der Waals surface area contributed by atoms with Gasteiger partial charge in [-0.05, 0) is 32.9 Å². The molecule has 5 nitrogen and oxygen atoms in total. The third kappa shape index (κ3) is 3.78. The van der Waals surface area contributed by atoms with Crippen molar-refractivity contribution in [1.29, 1.82) is 0 Å². The van der Waals surface area contributed by atoms with E-state index in [1.165, 1.54) is 15.9 Å². The van der Waals surface area contributed by atoms with Crippen LogP contribution in [0.25, 0.3) is 0 Å². The molecule has 7 heteroatoms. The Balaban J connectivity index is 2.05. The number of halogens is 1. The van der Waals surface area contributed by atoms with E-state index in [-0.39, 0.29) is 18.3 Å². The number of carbonyl (C=O) groups is 2. The molecule has 1 saturated heterocycles. The zero-order valence-corrected chi connectivity index (χ0v) is 13.4. The lowest BCUT2D eigenvalue weighted by Crippen LogP contribution is -2.38. The number of urea groups is 1. The van der Waals surface area contributed by atoms with Crippen molar-refractivity contribution >= 4 is 31.0 Å². The average molecular weight is 306 g/mol. The summed E-state index contributed by atoms with van der Waals surface area (Å²) in [4.78, 5) is 26.8. The molecule has 1 aromatic rings. The van der Waals surface area contributed by atoms with E-state index in [4.69, 9.17) is 4.74 Å². The molecule has 0 radical (unpaired) electrons. The minimum atomic E-state index is -0.595. The molecule has 2 amide bonds. The minimum absolute atomic E-state index is 0.125. The van der Waals surface area contributed by atoms with Gasteiger partial charge in [-0.15, -0.1) is 0 Å². The average Bonchev–Trinajstić information content (AvgIpc) is 2.69. The SMILES string of the molecule is Bc1ccc(N2CCN(CC(=O)OC(C)(C)C)C2=O)c(F)c1. The van der Waals surface area contributed by atoms with Gasteiger partial charge >= 0.3 is 12.0 Å². The molecule has 1 aromatic carbocycles. The first-order valence-electron chi connectivity index (χ1n) is 7.22. The molecule has 0 spiro atoms. The van der Waals surface area contributed by atoms with E-state index in [1.807, 2.05) is 0 Å².